The minimum Gasteiger partial charge on any atom is -0.313 e. The second kappa shape index (κ2) is 6.75. The molecule has 0 fully saturated rings. The van der Waals surface area contributed by atoms with Crippen molar-refractivity contribution in [3.8, 4) is 0 Å². The van der Waals surface area contributed by atoms with Gasteiger partial charge in [-0.2, -0.15) is 13.2 Å². The molecule has 0 radical (unpaired) electrons. The summed E-state index contributed by atoms with van der Waals surface area (Å²) in [5, 5.41) is 3.04. The number of benzene rings is 1. The SMILES string of the molecule is CCC(CC)C(NC)c1ccc(Br)cc1C(F)(F)F. The molecule has 1 atom stereocenters. The van der Waals surface area contributed by atoms with Crippen LogP contribution in [0.25, 0.3) is 0 Å². The zero-order valence-electron chi connectivity index (χ0n) is 11.3. The number of alkyl halides is 3. The summed E-state index contributed by atoms with van der Waals surface area (Å²) in [5.74, 6) is 0.187. The lowest BCUT2D eigenvalue weighted by atomic mass is 9.86. The molecule has 19 heavy (non-hydrogen) atoms. The zero-order valence-corrected chi connectivity index (χ0v) is 12.9. The van der Waals surface area contributed by atoms with Gasteiger partial charge in [0.25, 0.3) is 0 Å². The van der Waals surface area contributed by atoms with Crippen LogP contribution in [-0.2, 0) is 6.18 Å². The maximum Gasteiger partial charge on any atom is 0.416 e. The van der Waals surface area contributed by atoms with Crippen LogP contribution < -0.4 is 5.32 Å². The van der Waals surface area contributed by atoms with E-state index in [9.17, 15) is 13.2 Å². The van der Waals surface area contributed by atoms with E-state index in [-0.39, 0.29) is 12.0 Å². The maximum atomic E-state index is 13.1. The van der Waals surface area contributed by atoms with Crippen molar-refractivity contribution >= 4 is 15.9 Å². The first-order chi connectivity index (χ1) is 8.85. The Morgan fingerprint density at radius 1 is 1.21 bits per heavy atom. The molecular weight excluding hydrogens is 319 g/mol. The van der Waals surface area contributed by atoms with Gasteiger partial charge in [-0.05, 0) is 30.7 Å². The second-order valence-corrected chi connectivity index (χ2v) is 5.49. The summed E-state index contributed by atoms with van der Waals surface area (Å²) >= 11 is 3.11. The zero-order chi connectivity index (χ0) is 14.6. The molecule has 1 rings (SSSR count). The molecule has 108 valence electrons. The van der Waals surface area contributed by atoms with Crippen LogP contribution >= 0.6 is 15.9 Å². The second-order valence-electron chi connectivity index (χ2n) is 4.57. The van der Waals surface area contributed by atoms with Gasteiger partial charge in [-0.25, -0.2) is 0 Å². The van der Waals surface area contributed by atoms with Crippen LogP contribution in [0.3, 0.4) is 0 Å². The third kappa shape index (κ3) is 3.96. The molecule has 1 aromatic rings. The lowest BCUT2D eigenvalue weighted by molar-refractivity contribution is -0.138. The summed E-state index contributed by atoms with van der Waals surface area (Å²) in [4.78, 5) is 0. The van der Waals surface area contributed by atoms with Gasteiger partial charge in [-0.15, -0.1) is 0 Å². The quantitative estimate of drug-likeness (QED) is 0.781. The molecule has 0 spiro atoms. The van der Waals surface area contributed by atoms with Gasteiger partial charge in [0.15, 0.2) is 0 Å². The molecule has 0 aliphatic carbocycles. The Bertz CT molecular complexity index is 414. The van der Waals surface area contributed by atoms with Gasteiger partial charge in [0.2, 0.25) is 0 Å². The molecule has 0 saturated heterocycles. The summed E-state index contributed by atoms with van der Waals surface area (Å²) in [6, 6.07) is 4.10. The van der Waals surface area contributed by atoms with Gasteiger partial charge in [0, 0.05) is 10.5 Å². The van der Waals surface area contributed by atoms with Crippen LogP contribution in [0.15, 0.2) is 22.7 Å². The molecule has 0 amide bonds. The number of halogens is 4. The number of nitrogens with one attached hydrogen (secondary N) is 1. The van der Waals surface area contributed by atoms with E-state index in [2.05, 4.69) is 21.2 Å². The molecule has 1 N–H and O–H groups in total. The Balaban J connectivity index is 3.31. The minimum absolute atomic E-state index is 0.187. The molecule has 5 heteroatoms. The van der Waals surface area contributed by atoms with Crippen molar-refractivity contribution in [1.29, 1.82) is 0 Å². The van der Waals surface area contributed by atoms with Gasteiger partial charge in [-0.1, -0.05) is 48.7 Å². The van der Waals surface area contributed by atoms with Crippen molar-refractivity contribution in [3.05, 3.63) is 33.8 Å². The highest BCUT2D eigenvalue weighted by Crippen LogP contribution is 2.39. The minimum atomic E-state index is -4.33. The van der Waals surface area contributed by atoms with E-state index >= 15 is 0 Å². The average Bonchev–Trinajstić information content (AvgIpc) is 2.35. The van der Waals surface area contributed by atoms with Crippen molar-refractivity contribution in [2.45, 2.75) is 38.9 Å². The van der Waals surface area contributed by atoms with Crippen LogP contribution in [0.4, 0.5) is 13.2 Å². The van der Waals surface area contributed by atoms with Crippen molar-refractivity contribution < 1.29 is 13.2 Å². The Morgan fingerprint density at radius 2 is 1.79 bits per heavy atom. The third-order valence-corrected chi connectivity index (χ3v) is 3.98. The molecule has 0 aliphatic heterocycles. The molecule has 0 aliphatic rings. The lowest BCUT2D eigenvalue weighted by Crippen LogP contribution is -2.27. The largest absolute Gasteiger partial charge is 0.416 e. The van der Waals surface area contributed by atoms with Crippen LogP contribution in [-0.4, -0.2) is 7.05 Å². The monoisotopic (exact) mass is 337 g/mol. The fourth-order valence-corrected chi connectivity index (χ4v) is 2.81. The van der Waals surface area contributed by atoms with Gasteiger partial charge >= 0.3 is 6.18 Å². The fourth-order valence-electron chi connectivity index (χ4n) is 2.45. The van der Waals surface area contributed by atoms with E-state index in [1.165, 1.54) is 0 Å². The molecule has 1 nitrogen and oxygen atoms in total. The highest BCUT2D eigenvalue weighted by atomic mass is 79.9. The third-order valence-electron chi connectivity index (χ3n) is 3.49. The molecule has 0 bridgehead atoms. The van der Waals surface area contributed by atoms with E-state index in [0.717, 1.165) is 18.9 Å². The van der Waals surface area contributed by atoms with Crippen LogP contribution in [0.2, 0.25) is 0 Å². The van der Waals surface area contributed by atoms with E-state index in [4.69, 9.17) is 0 Å². The highest BCUT2D eigenvalue weighted by Gasteiger charge is 2.36. The predicted octanol–water partition coefficient (Wildman–Crippen LogP) is 5.16. The molecule has 0 heterocycles. The first-order valence-corrected chi connectivity index (χ1v) is 7.18. The first kappa shape index (κ1) is 16.5. The van der Waals surface area contributed by atoms with Crippen LogP contribution in [0, 0.1) is 5.92 Å². The van der Waals surface area contributed by atoms with Gasteiger partial charge < -0.3 is 5.32 Å². The lowest BCUT2D eigenvalue weighted by Gasteiger charge is -2.28. The summed E-state index contributed by atoms with van der Waals surface area (Å²) in [7, 11) is 1.71. The number of rotatable bonds is 5. The summed E-state index contributed by atoms with van der Waals surface area (Å²) in [6.45, 7) is 4.01. The topological polar surface area (TPSA) is 12.0 Å². The van der Waals surface area contributed by atoms with Crippen LogP contribution in [0.5, 0.6) is 0 Å². The Labute approximate surface area is 120 Å². The van der Waals surface area contributed by atoms with E-state index < -0.39 is 11.7 Å². The van der Waals surface area contributed by atoms with E-state index in [1.807, 2.05) is 13.8 Å². The predicted molar refractivity (Wildman–Crippen MR) is 75.0 cm³/mol. The first-order valence-electron chi connectivity index (χ1n) is 6.39. The fraction of sp³-hybridized carbons (Fsp3) is 0.571. The molecular formula is C14H19BrF3N. The smallest absolute Gasteiger partial charge is 0.313 e. The van der Waals surface area contributed by atoms with Gasteiger partial charge in [0.1, 0.15) is 0 Å². The average molecular weight is 338 g/mol. The van der Waals surface area contributed by atoms with Gasteiger partial charge in [0.05, 0.1) is 5.56 Å². The normalized spacial score (nSPS) is 13.9. The number of hydrogen-bond acceptors (Lipinski definition) is 1. The van der Waals surface area contributed by atoms with Crippen molar-refractivity contribution in [1.82, 2.24) is 5.32 Å². The highest BCUT2D eigenvalue weighted by molar-refractivity contribution is 9.10. The Hall–Kier alpha value is -0.550. The van der Waals surface area contributed by atoms with E-state index in [1.54, 1.807) is 19.2 Å². The molecule has 1 unspecified atom stereocenters. The Morgan fingerprint density at radius 3 is 2.21 bits per heavy atom. The summed E-state index contributed by atoms with van der Waals surface area (Å²) in [5.41, 5.74) is -0.236. The summed E-state index contributed by atoms with van der Waals surface area (Å²) in [6.07, 6.45) is -2.65. The van der Waals surface area contributed by atoms with Crippen molar-refractivity contribution in [2.24, 2.45) is 5.92 Å². The Kier molecular flexibility index (Phi) is 5.86. The standard InChI is InChI=1S/C14H19BrF3N/c1-4-9(5-2)13(19-3)11-7-6-10(15)8-12(11)14(16,17)18/h6-9,13,19H,4-5H2,1-3H3. The van der Waals surface area contributed by atoms with Crippen molar-refractivity contribution in [3.63, 3.8) is 0 Å². The maximum absolute atomic E-state index is 13.1. The molecule has 0 aromatic heterocycles. The van der Waals surface area contributed by atoms with Crippen LogP contribution in [0.1, 0.15) is 43.9 Å². The molecule has 0 saturated carbocycles. The van der Waals surface area contributed by atoms with E-state index in [0.29, 0.717) is 10.0 Å². The summed E-state index contributed by atoms with van der Waals surface area (Å²) < 4.78 is 39.9. The number of hydrogen-bond donors (Lipinski definition) is 1. The van der Waals surface area contributed by atoms with Gasteiger partial charge in [-0.3, -0.25) is 0 Å². The van der Waals surface area contributed by atoms with Crippen molar-refractivity contribution in [2.75, 3.05) is 7.05 Å². The molecule has 1 aromatic carbocycles.